The molecule has 0 bridgehead atoms. The fourth-order valence-corrected chi connectivity index (χ4v) is 3.17. The van der Waals surface area contributed by atoms with Crippen molar-refractivity contribution in [3.05, 3.63) is 29.8 Å². The van der Waals surface area contributed by atoms with Crippen molar-refractivity contribution in [1.82, 2.24) is 4.90 Å². The first-order valence-corrected chi connectivity index (χ1v) is 7.83. The maximum absolute atomic E-state index is 2.70. The van der Waals surface area contributed by atoms with E-state index in [1.54, 1.807) is 0 Å². The van der Waals surface area contributed by atoms with E-state index < -0.39 is 0 Å². The van der Waals surface area contributed by atoms with E-state index in [9.17, 15) is 0 Å². The summed E-state index contributed by atoms with van der Waals surface area (Å²) in [6.07, 6.45) is 4.31. The van der Waals surface area contributed by atoms with E-state index in [1.165, 1.54) is 56.7 Å². The molecule has 0 N–H and O–H groups in total. The van der Waals surface area contributed by atoms with Gasteiger partial charge in [0.2, 0.25) is 0 Å². The zero-order chi connectivity index (χ0) is 13.2. The lowest BCUT2D eigenvalue weighted by Gasteiger charge is -2.43. The van der Waals surface area contributed by atoms with E-state index in [2.05, 4.69) is 47.9 Å². The van der Waals surface area contributed by atoms with Crippen LogP contribution in [-0.4, -0.2) is 37.1 Å². The minimum atomic E-state index is 0.629. The molecule has 0 amide bonds. The lowest BCUT2D eigenvalue weighted by atomic mass is 9.91. The molecule has 3 rings (SSSR count). The molecule has 0 spiro atoms. The molecule has 104 valence electrons. The van der Waals surface area contributed by atoms with Gasteiger partial charge in [-0.2, -0.15) is 0 Å². The normalized spacial score (nSPS) is 21.7. The molecule has 2 aliphatic rings. The van der Waals surface area contributed by atoms with E-state index in [0.717, 1.165) is 6.04 Å². The molecule has 2 fully saturated rings. The fraction of sp³-hybridized carbons (Fsp3) is 0.647. The van der Waals surface area contributed by atoms with Crippen molar-refractivity contribution in [1.29, 1.82) is 0 Å². The Bertz CT molecular complexity index is 398. The Hall–Kier alpha value is -1.02. The second kappa shape index (κ2) is 5.54. The number of benzene rings is 1. The summed E-state index contributed by atoms with van der Waals surface area (Å²) in [7, 11) is 0. The maximum Gasteiger partial charge on any atom is 0.0367 e. The second-order valence-electron chi connectivity index (χ2n) is 6.35. The molecule has 2 nitrogen and oxygen atoms in total. The Kier molecular flexibility index (Phi) is 3.79. The van der Waals surface area contributed by atoms with Crippen LogP contribution in [-0.2, 0) is 0 Å². The first-order chi connectivity index (χ1) is 9.24. The molecular weight excluding hydrogens is 232 g/mol. The standard InChI is InChI=1S/C17H26N2/c1-14(2)15-6-8-17(9-7-15)19-12-10-18(11-13-19)16-4-3-5-16/h6-9,14,16H,3-5,10-13H2,1-2H3. The lowest BCUT2D eigenvalue weighted by Crippen LogP contribution is -2.52. The van der Waals surface area contributed by atoms with Gasteiger partial charge in [-0.25, -0.2) is 0 Å². The number of anilines is 1. The summed E-state index contributed by atoms with van der Waals surface area (Å²) < 4.78 is 0. The van der Waals surface area contributed by atoms with Gasteiger partial charge in [0.15, 0.2) is 0 Å². The van der Waals surface area contributed by atoms with Crippen molar-refractivity contribution in [2.45, 2.75) is 45.1 Å². The zero-order valence-corrected chi connectivity index (χ0v) is 12.3. The average molecular weight is 258 g/mol. The quantitative estimate of drug-likeness (QED) is 0.819. The van der Waals surface area contributed by atoms with Crippen molar-refractivity contribution in [2.75, 3.05) is 31.1 Å². The van der Waals surface area contributed by atoms with E-state index in [1.807, 2.05) is 0 Å². The van der Waals surface area contributed by atoms with Gasteiger partial charge in [-0.05, 0) is 36.5 Å². The van der Waals surface area contributed by atoms with E-state index >= 15 is 0 Å². The van der Waals surface area contributed by atoms with E-state index in [4.69, 9.17) is 0 Å². The van der Waals surface area contributed by atoms with Crippen LogP contribution in [0.2, 0.25) is 0 Å². The Morgan fingerprint density at radius 1 is 0.947 bits per heavy atom. The van der Waals surface area contributed by atoms with Crippen molar-refractivity contribution >= 4 is 5.69 Å². The molecular formula is C17H26N2. The van der Waals surface area contributed by atoms with Crippen molar-refractivity contribution < 1.29 is 0 Å². The molecule has 19 heavy (non-hydrogen) atoms. The van der Waals surface area contributed by atoms with Crippen LogP contribution in [0.25, 0.3) is 0 Å². The predicted molar refractivity (Wildman–Crippen MR) is 82.0 cm³/mol. The van der Waals surface area contributed by atoms with Gasteiger partial charge >= 0.3 is 0 Å². The number of nitrogens with zero attached hydrogens (tertiary/aromatic N) is 2. The summed E-state index contributed by atoms with van der Waals surface area (Å²) in [5.41, 5.74) is 2.84. The highest BCUT2D eigenvalue weighted by Gasteiger charge is 2.27. The smallest absolute Gasteiger partial charge is 0.0367 e. The molecule has 1 aromatic carbocycles. The summed E-state index contributed by atoms with van der Waals surface area (Å²) in [6.45, 7) is 9.39. The van der Waals surface area contributed by atoms with Crippen LogP contribution in [0.5, 0.6) is 0 Å². The van der Waals surface area contributed by atoms with Crippen molar-refractivity contribution in [2.24, 2.45) is 0 Å². The molecule has 0 unspecified atom stereocenters. The fourth-order valence-electron chi connectivity index (χ4n) is 3.17. The van der Waals surface area contributed by atoms with Crippen LogP contribution < -0.4 is 4.90 Å². The number of hydrogen-bond donors (Lipinski definition) is 0. The molecule has 2 heteroatoms. The summed E-state index contributed by atoms with van der Waals surface area (Å²) >= 11 is 0. The highest BCUT2D eigenvalue weighted by Crippen LogP contribution is 2.27. The van der Waals surface area contributed by atoms with Crippen LogP contribution >= 0.6 is 0 Å². The van der Waals surface area contributed by atoms with E-state index in [0.29, 0.717) is 5.92 Å². The Morgan fingerprint density at radius 2 is 1.58 bits per heavy atom. The Labute approximate surface area is 117 Å². The molecule has 0 aromatic heterocycles. The van der Waals surface area contributed by atoms with Gasteiger partial charge in [0, 0.05) is 37.9 Å². The number of rotatable bonds is 3. The second-order valence-corrected chi connectivity index (χ2v) is 6.35. The van der Waals surface area contributed by atoms with Gasteiger partial charge in [0.25, 0.3) is 0 Å². The third-order valence-electron chi connectivity index (χ3n) is 4.83. The van der Waals surface area contributed by atoms with Crippen molar-refractivity contribution in [3.63, 3.8) is 0 Å². The van der Waals surface area contributed by atoms with Crippen LogP contribution in [0.4, 0.5) is 5.69 Å². The molecule has 0 atom stereocenters. The Morgan fingerprint density at radius 3 is 2.05 bits per heavy atom. The van der Waals surface area contributed by atoms with Crippen LogP contribution in [0.15, 0.2) is 24.3 Å². The third-order valence-corrected chi connectivity index (χ3v) is 4.83. The molecule has 1 saturated heterocycles. The first kappa shape index (κ1) is 13.0. The van der Waals surface area contributed by atoms with Gasteiger partial charge < -0.3 is 4.90 Å². The zero-order valence-electron chi connectivity index (χ0n) is 12.3. The molecule has 1 aliphatic heterocycles. The largest absolute Gasteiger partial charge is 0.369 e. The summed E-state index contributed by atoms with van der Waals surface area (Å²) in [4.78, 5) is 5.24. The van der Waals surface area contributed by atoms with Crippen molar-refractivity contribution in [3.8, 4) is 0 Å². The van der Waals surface area contributed by atoms with Gasteiger partial charge in [-0.1, -0.05) is 32.4 Å². The maximum atomic E-state index is 2.70. The van der Waals surface area contributed by atoms with E-state index in [-0.39, 0.29) is 0 Å². The molecule has 1 saturated carbocycles. The van der Waals surface area contributed by atoms with Crippen LogP contribution in [0, 0.1) is 0 Å². The summed E-state index contributed by atoms with van der Waals surface area (Å²) in [6, 6.07) is 10.1. The Balaban J connectivity index is 1.58. The molecule has 1 aromatic rings. The van der Waals surface area contributed by atoms with Gasteiger partial charge in [-0.15, -0.1) is 0 Å². The SMILES string of the molecule is CC(C)c1ccc(N2CCN(C3CCC3)CC2)cc1. The minimum absolute atomic E-state index is 0.629. The van der Waals surface area contributed by atoms with Crippen LogP contribution in [0.3, 0.4) is 0 Å². The molecule has 0 radical (unpaired) electrons. The number of piperazine rings is 1. The monoisotopic (exact) mass is 258 g/mol. The van der Waals surface area contributed by atoms with Gasteiger partial charge in [0.1, 0.15) is 0 Å². The highest BCUT2D eigenvalue weighted by molar-refractivity contribution is 5.48. The minimum Gasteiger partial charge on any atom is -0.369 e. The van der Waals surface area contributed by atoms with Gasteiger partial charge in [-0.3, -0.25) is 4.90 Å². The lowest BCUT2D eigenvalue weighted by molar-refractivity contribution is 0.120. The predicted octanol–water partition coefficient (Wildman–Crippen LogP) is 3.48. The molecule has 1 aliphatic carbocycles. The highest BCUT2D eigenvalue weighted by atomic mass is 15.3. The summed E-state index contributed by atoms with van der Waals surface area (Å²) in [5.74, 6) is 0.629. The summed E-state index contributed by atoms with van der Waals surface area (Å²) in [5, 5.41) is 0. The topological polar surface area (TPSA) is 6.48 Å². The van der Waals surface area contributed by atoms with Crippen LogP contribution in [0.1, 0.15) is 44.6 Å². The molecule has 1 heterocycles. The average Bonchev–Trinajstić information content (AvgIpc) is 2.38. The number of hydrogen-bond acceptors (Lipinski definition) is 2. The third kappa shape index (κ3) is 2.79. The van der Waals surface area contributed by atoms with Gasteiger partial charge in [0.05, 0.1) is 0 Å². The first-order valence-electron chi connectivity index (χ1n) is 7.83.